The van der Waals surface area contributed by atoms with E-state index in [0.29, 0.717) is 34.5 Å². The number of methoxy groups -OCH3 is 1. The normalized spacial score (nSPS) is 13.5. The van der Waals surface area contributed by atoms with Crippen molar-refractivity contribution in [1.82, 2.24) is 0 Å². The quantitative estimate of drug-likeness (QED) is 0.415. The SMILES string of the molecule is CCOc1ccccc1NC1=C(Sc2ccc(Cl)cc2)C(=O)N(c2ccccc2OC)C1=O. The minimum atomic E-state index is -0.479. The molecule has 3 aromatic rings. The number of carbonyl (C=O) groups is 2. The highest BCUT2D eigenvalue weighted by atomic mass is 35.5. The van der Waals surface area contributed by atoms with Gasteiger partial charge in [-0.1, -0.05) is 47.6 Å². The molecule has 2 amide bonds. The van der Waals surface area contributed by atoms with Crippen LogP contribution in [0.25, 0.3) is 0 Å². The van der Waals surface area contributed by atoms with Crippen LogP contribution in [0.3, 0.4) is 0 Å². The number of nitrogens with one attached hydrogen (secondary N) is 1. The highest BCUT2D eigenvalue weighted by Crippen LogP contribution is 2.41. The molecule has 33 heavy (non-hydrogen) atoms. The van der Waals surface area contributed by atoms with Crippen molar-refractivity contribution in [2.45, 2.75) is 11.8 Å². The molecule has 6 nitrogen and oxygen atoms in total. The summed E-state index contributed by atoms with van der Waals surface area (Å²) in [4.78, 5) is 29.3. The van der Waals surface area contributed by atoms with Gasteiger partial charge in [-0.2, -0.15) is 0 Å². The fourth-order valence-electron chi connectivity index (χ4n) is 3.35. The molecule has 0 unspecified atom stereocenters. The lowest BCUT2D eigenvalue weighted by Crippen LogP contribution is -2.32. The summed E-state index contributed by atoms with van der Waals surface area (Å²) in [5.41, 5.74) is 1.13. The predicted molar refractivity (Wildman–Crippen MR) is 131 cm³/mol. The number of ether oxygens (including phenoxy) is 2. The molecule has 1 heterocycles. The van der Waals surface area contributed by atoms with Gasteiger partial charge in [0.15, 0.2) is 0 Å². The van der Waals surface area contributed by atoms with Crippen molar-refractivity contribution in [1.29, 1.82) is 0 Å². The van der Waals surface area contributed by atoms with Crippen molar-refractivity contribution in [2.24, 2.45) is 0 Å². The lowest BCUT2D eigenvalue weighted by Gasteiger charge is -2.18. The van der Waals surface area contributed by atoms with Crippen LogP contribution in [-0.4, -0.2) is 25.5 Å². The summed E-state index contributed by atoms with van der Waals surface area (Å²) in [6.07, 6.45) is 0. The van der Waals surface area contributed by atoms with E-state index in [0.717, 1.165) is 9.80 Å². The monoisotopic (exact) mass is 480 g/mol. The second-order valence-electron chi connectivity index (χ2n) is 6.93. The summed E-state index contributed by atoms with van der Waals surface area (Å²) in [6, 6.07) is 21.3. The third-order valence-corrected chi connectivity index (χ3v) is 6.19. The molecule has 0 atom stereocenters. The van der Waals surface area contributed by atoms with E-state index >= 15 is 0 Å². The maximum atomic E-state index is 13.6. The van der Waals surface area contributed by atoms with E-state index < -0.39 is 11.8 Å². The molecular formula is C25H21ClN2O4S. The Labute approximate surface area is 201 Å². The lowest BCUT2D eigenvalue weighted by molar-refractivity contribution is -0.120. The van der Waals surface area contributed by atoms with Crippen LogP contribution in [0.1, 0.15) is 6.92 Å². The first-order chi connectivity index (χ1) is 16.0. The van der Waals surface area contributed by atoms with Crippen LogP contribution >= 0.6 is 23.4 Å². The van der Waals surface area contributed by atoms with E-state index in [9.17, 15) is 9.59 Å². The van der Waals surface area contributed by atoms with E-state index in [2.05, 4.69) is 5.32 Å². The molecule has 0 aromatic heterocycles. The van der Waals surface area contributed by atoms with E-state index in [4.69, 9.17) is 21.1 Å². The van der Waals surface area contributed by atoms with Crippen molar-refractivity contribution in [3.8, 4) is 11.5 Å². The third-order valence-electron chi connectivity index (χ3n) is 4.85. The van der Waals surface area contributed by atoms with Gasteiger partial charge in [-0.05, 0) is 55.5 Å². The average Bonchev–Trinajstić information content (AvgIpc) is 3.05. The van der Waals surface area contributed by atoms with Crippen LogP contribution in [0.5, 0.6) is 11.5 Å². The van der Waals surface area contributed by atoms with Crippen molar-refractivity contribution in [3.05, 3.63) is 88.4 Å². The molecular weight excluding hydrogens is 460 g/mol. The smallest absolute Gasteiger partial charge is 0.283 e. The summed E-state index contributed by atoms with van der Waals surface area (Å²) in [5, 5.41) is 3.73. The molecule has 0 fully saturated rings. The topological polar surface area (TPSA) is 67.9 Å². The predicted octanol–water partition coefficient (Wildman–Crippen LogP) is 5.74. The third kappa shape index (κ3) is 4.69. The van der Waals surface area contributed by atoms with E-state index in [-0.39, 0.29) is 10.6 Å². The Balaban J connectivity index is 1.78. The van der Waals surface area contributed by atoms with Crippen LogP contribution in [0.15, 0.2) is 88.3 Å². The Morgan fingerprint density at radius 2 is 1.58 bits per heavy atom. The second kappa shape index (κ2) is 10.0. The zero-order valence-corrected chi connectivity index (χ0v) is 19.6. The lowest BCUT2D eigenvalue weighted by atomic mass is 10.2. The van der Waals surface area contributed by atoms with Gasteiger partial charge in [0.1, 0.15) is 22.1 Å². The Hall–Kier alpha value is -3.42. The largest absolute Gasteiger partial charge is 0.495 e. The zero-order valence-electron chi connectivity index (χ0n) is 18.0. The number of hydrogen-bond donors (Lipinski definition) is 1. The van der Waals surface area contributed by atoms with Crippen LogP contribution in [0.2, 0.25) is 5.02 Å². The number of benzene rings is 3. The van der Waals surface area contributed by atoms with Gasteiger partial charge in [0.25, 0.3) is 11.8 Å². The molecule has 3 aromatic carbocycles. The molecule has 0 bridgehead atoms. The zero-order chi connectivity index (χ0) is 23.4. The summed E-state index contributed by atoms with van der Waals surface area (Å²) in [6.45, 7) is 2.34. The molecule has 1 N–H and O–H groups in total. The Kier molecular flexibility index (Phi) is 6.91. The number of nitrogens with zero attached hydrogens (tertiary/aromatic N) is 1. The first kappa shape index (κ1) is 22.8. The number of halogens is 1. The molecule has 0 aliphatic carbocycles. The fourth-order valence-corrected chi connectivity index (χ4v) is 4.41. The van der Waals surface area contributed by atoms with Gasteiger partial charge in [0.05, 0.1) is 25.1 Å². The fraction of sp³-hybridized carbons (Fsp3) is 0.120. The molecule has 0 spiro atoms. The van der Waals surface area contributed by atoms with Gasteiger partial charge in [-0.25, -0.2) is 4.90 Å². The number of thioether (sulfide) groups is 1. The first-order valence-electron chi connectivity index (χ1n) is 10.2. The maximum Gasteiger partial charge on any atom is 0.283 e. The Morgan fingerprint density at radius 1 is 0.909 bits per heavy atom. The second-order valence-corrected chi connectivity index (χ2v) is 8.45. The van der Waals surface area contributed by atoms with Crippen LogP contribution in [-0.2, 0) is 9.59 Å². The number of rotatable bonds is 8. The number of imide groups is 1. The van der Waals surface area contributed by atoms with Crippen molar-refractivity contribution in [2.75, 3.05) is 23.9 Å². The average molecular weight is 481 g/mol. The Morgan fingerprint density at radius 3 is 2.27 bits per heavy atom. The molecule has 1 aliphatic rings. The molecule has 0 saturated heterocycles. The van der Waals surface area contributed by atoms with Crippen molar-refractivity contribution >= 4 is 46.6 Å². The highest BCUT2D eigenvalue weighted by Gasteiger charge is 2.41. The van der Waals surface area contributed by atoms with E-state index in [1.54, 1.807) is 60.7 Å². The van der Waals surface area contributed by atoms with E-state index in [1.165, 1.54) is 18.9 Å². The standard InChI is InChI=1S/C25H21ClN2O4S/c1-3-32-20-10-6-4-8-18(20)27-22-23(33-17-14-12-16(26)13-15-17)25(30)28(24(22)29)19-9-5-7-11-21(19)31-2/h4-15,27H,3H2,1-2H3. The van der Waals surface area contributed by atoms with Gasteiger partial charge in [-0.15, -0.1) is 0 Å². The Bertz CT molecular complexity index is 1230. The minimum Gasteiger partial charge on any atom is -0.495 e. The van der Waals surface area contributed by atoms with Gasteiger partial charge in [0.2, 0.25) is 0 Å². The van der Waals surface area contributed by atoms with Gasteiger partial charge in [-0.3, -0.25) is 9.59 Å². The summed E-state index contributed by atoms with van der Waals surface area (Å²) < 4.78 is 11.1. The summed E-state index contributed by atoms with van der Waals surface area (Å²) in [7, 11) is 1.50. The summed E-state index contributed by atoms with van der Waals surface area (Å²) >= 11 is 7.20. The van der Waals surface area contributed by atoms with Crippen LogP contribution in [0, 0.1) is 0 Å². The number of hydrogen-bond acceptors (Lipinski definition) is 6. The van der Waals surface area contributed by atoms with Gasteiger partial charge in [0, 0.05) is 9.92 Å². The molecule has 168 valence electrons. The number of para-hydroxylation sites is 4. The maximum absolute atomic E-state index is 13.6. The van der Waals surface area contributed by atoms with Crippen LogP contribution < -0.4 is 19.7 Å². The van der Waals surface area contributed by atoms with E-state index in [1.807, 2.05) is 19.1 Å². The van der Waals surface area contributed by atoms with Gasteiger partial charge >= 0.3 is 0 Å². The number of carbonyl (C=O) groups excluding carboxylic acids is 2. The van der Waals surface area contributed by atoms with Crippen molar-refractivity contribution in [3.63, 3.8) is 0 Å². The molecule has 0 radical (unpaired) electrons. The minimum absolute atomic E-state index is 0.165. The molecule has 8 heteroatoms. The van der Waals surface area contributed by atoms with Gasteiger partial charge < -0.3 is 14.8 Å². The first-order valence-corrected chi connectivity index (χ1v) is 11.4. The van der Waals surface area contributed by atoms with Crippen LogP contribution in [0.4, 0.5) is 11.4 Å². The highest BCUT2D eigenvalue weighted by molar-refractivity contribution is 8.04. The molecule has 1 aliphatic heterocycles. The molecule has 4 rings (SSSR count). The number of anilines is 2. The summed E-state index contributed by atoms with van der Waals surface area (Å²) in [5.74, 6) is 0.0819. The van der Waals surface area contributed by atoms with Crippen molar-refractivity contribution < 1.29 is 19.1 Å². The molecule has 0 saturated carbocycles. The number of amides is 2.